The van der Waals surface area contributed by atoms with E-state index in [1.807, 2.05) is 48.5 Å². The average Bonchev–Trinajstić information content (AvgIpc) is 3.43. The van der Waals surface area contributed by atoms with Gasteiger partial charge < -0.3 is 15.0 Å². The van der Waals surface area contributed by atoms with Crippen LogP contribution in [0.4, 0.5) is 5.82 Å². The molecule has 2 aromatic carbocycles. The van der Waals surface area contributed by atoms with Crippen LogP contribution < -0.4 is 15.0 Å². The number of carbonyl (C=O) groups excluding carboxylic acids is 1. The number of hydrogen-bond acceptors (Lipinski definition) is 4. The minimum Gasteiger partial charge on any atom is -0.497 e. The fourth-order valence-corrected chi connectivity index (χ4v) is 3.87. The molecule has 0 saturated carbocycles. The summed E-state index contributed by atoms with van der Waals surface area (Å²) in [7, 11) is 1.66. The van der Waals surface area contributed by atoms with Gasteiger partial charge in [-0.2, -0.15) is 5.10 Å². The number of methoxy groups -OCH3 is 1. The molecule has 31 heavy (non-hydrogen) atoms. The molecule has 1 atom stereocenters. The van der Waals surface area contributed by atoms with Crippen molar-refractivity contribution in [3.8, 4) is 17.0 Å². The number of rotatable bonds is 5. The number of aromatic nitrogens is 2. The maximum absolute atomic E-state index is 12.7. The number of nitrogens with one attached hydrogen (secondary N) is 2. The Morgan fingerprint density at radius 2 is 1.84 bits per heavy atom. The predicted octanol–water partition coefficient (Wildman–Crippen LogP) is 4.39. The summed E-state index contributed by atoms with van der Waals surface area (Å²) >= 11 is 0. The van der Waals surface area contributed by atoms with Gasteiger partial charge in [0.1, 0.15) is 5.75 Å². The van der Waals surface area contributed by atoms with Crippen molar-refractivity contribution in [1.82, 2.24) is 15.5 Å². The van der Waals surface area contributed by atoms with E-state index in [1.165, 1.54) is 5.56 Å². The molecule has 1 fully saturated rings. The van der Waals surface area contributed by atoms with Crippen LogP contribution in [0.15, 0.2) is 54.6 Å². The number of nitrogens with zero attached hydrogens (tertiary/aromatic N) is 2. The van der Waals surface area contributed by atoms with Gasteiger partial charge in [-0.1, -0.05) is 32.9 Å². The molecule has 1 amide bonds. The molecule has 6 nitrogen and oxygen atoms in total. The Morgan fingerprint density at radius 3 is 2.48 bits per heavy atom. The average molecular weight is 419 g/mol. The summed E-state index contributed by atoms with van der Waals surface area (Å²) in [6, 6.07) is 18.0. The second-order valence-electron chi connectivity index (χ2n) is 9.10. The third-order valence-electron chi connectivity index (χ3n) is 5.83. The number of anilines is 1. The molecule has 0 bridgehead atoms. The summed E-state index contributed by atoms with van der Waals surface area (Å²) < 4.78 is 5.22. The van der Waals surface area contributed by atoms with Crippen LogP contribution in [0.3, 0.4) is 0 Å². The highest BCUT2D eigenvalue weighted by atomic mass is 16.5. The maximum Gasteiger partial charge on any atom is 0.251 e. The van der Waals surface area contributed by atoms with Crippen molar-refractivity contribution in [2.45, 2.75) is 38.6 Å². The topological polar surface area (TPSA) is 70.2 Å². The number of amides is 1. The number of hydrogen-bond donors (Lipinski definition) is 2. The van der Waals surface area contributed by atoms with E-state index in [2.05, 4.69) is 47.3 Å². The molecule has 6 heteroatoms. The highest BCUT2D eigenvalue weighted by Crippen LogP contribution is 2.26. The van der Waals surface area contributed by atoms with Crippen LogP contribution in [-0.2, 0) is 5.41 Å². The smallest absolute Gasteiger partial charge is 0.251 e. The van der Waals surface area contributed by atoms with Crippen molar-refractivity contribution in [3.63, 3.8) is 0 Å². The van der Waals surface area contributed by atoms with E-state index in [1.54, 1.807) is 7.11 Å². The highest BCUT2D eigenvalue weighted by molar-refractivity contribution is 5.94. The molecule has 162 valence electrons. The lowest BCUT2D eigenvalue weighted by atomic mass is 9.86. The van der Waals surface area contributed by atoms with Crippen molar-refractivity contribution in [2.75, 3.05) is 25.1 Å². The van der Waals surface area contributed by atoms with E-state index in [4.69, 9.17) is 4.74 Å². The first-order valence-corrected chi connectivity index (χ1v) is 10.7. The third-order valence-corrected chi connectivity index (χ3v) is 5.83. The SMILES string of the molecule is COc1ccc(-c2cc(N3CCC(NC(=O)c4ccc(C(C)(C)C)cc4)C3)n[nH]2)cc1. The zero-order valence-corrected chi connectivity index (χ0v) is 18.6. The number of carbonyl (C=O) groups is 1. The van der Waals surface area contributed by atoms with Crippen LogP contribution in [0.25, 0.3) is 11.3 Å². The molecule has 1 saturated heterocycles. The van der Waals surface area contributed by atoms with E-state index < -0.39 is 0 Å². The summed E-state index contributed by atoms with van der Waals surface area (Å²) in [4.78, 5) is 14.9. The second kappa shape index (κ2) is 8.46. The van der Waals surface area contributed by atoms with Crippen molar-refractivity contribution < 1.29 is 9.53 Å². The standard InChI is InChI=1S/C25H30N4O2/c1-25(2,3)19-9-5-18(6-10-19)24(30)26-20-13-14-29(16-20)23-15-22(27-28-23)17-7-11-21(31-4)12-8-17/h5-12,15,20H,13-14,16H2,1-4H3,(H,26,30)(H,27,28). The monoisotopic (exact) mass is 418 g/mol. The van der Waals surface area contributed by atoms with Gasteiger partial charge in [0, 0.05) is 30.8 Å². The number of aromatic amines is 1. The van der Waals surface area contributed by atoms with E-state index in [-0.39, 0.29) is 17.4 Å². The Bertz CT molecular complexity index is 1030. The lowest BCUT2D eigenvalue weighted by molar-refractivity contribution is 0.0940. The largest absolute Gasteiger partial charge is 0.497 e. The fourth-order valence-electron chi connectivity index (χ4n) is 3.87. The van der Waals surface area contributed by atoms with Gasteiger partial charge in [-0.25, -0.2) is 0 Å². The van der Waals surface area contributed by atoms with Gasteiger partial charge >= 0.3 is 0 Å². The molecular weight excluding hydrogens is 388 g/mol. The molecule has 1 unspecified atom stereocenters. The molecule has 0 radical (unpaired) electrons. The molecule has 1 aromatic heterocycles. The van der Waals surface area contributed by atoms with E-state index >= 15 is 0 Å². The molecule has 3 aromatic rings. The zero-order valence-electron chi connectivity index (χ0n) is 18.6. The van der Waals surface area contributed by atoms with Crippen LogP contribution in [-0.4, -0.2) is 42.3 Å². The van der Waals surface area contributed by atoms with Crippen LogP contribution in [0, 0.1) is 0 Å². The van der Waals surface area contributed by atoms with Gasteiger partial charge in [0.25, 0.3) is 5.91 Å². The van der Waals surface area contributed by atoms with Gasteiger partial charge in [0.05, 0.1) is 12.8 Å². The first kappa shape index (κ1) is 21.0. The fraction of sp³-hybridized carbons (Fsp3) is 0.360. The lowest BCUT2D eigenvalue weighted by Crippen LogP contribution is -2.37. The lowest BCUT2D eigenvalue weighted by Gasteiger charge is -2.19. The zero-order chi connectivity index (χ0) is 22.0. The van der Waals surface area contributed by atoms with Gasteiger partial charge in [-0.05, 0) is 59.4 Å². The normalized spacial score (nSPS) is 16.4. The Labute approximate surface area is 183 Å². The highest BCUT2D eigenvalue weighted by Gasteiger charge is 2.26. The Kier molecular flexibility index (Phi) is 5.72. The van der Waals surface area contributed by atoms with E-state index in [0.29, 0.717) is 5.56 Å². The Morgan fingerprint density at radius 1 is 1.13 bits per heavy atom. The van der Waals surface area contributed by atoms with Crippen LogP contribution in [0.2, 0.25) is 0 Å². The Balaban J connectivity index is 1.36. The third kappa shape index (κ3) is 4.74. The molecule has 1 aliphatic rings. The molecule has 2 N–H and O–H groups in total. The van der Waals surface area contributed by atoms with Crippen molar-refractivity contribution in [2.24, 2.45) is 0 Å². The molecule has 1 aliphatic heterocycles. The molecule has 4 rings (SSSR count). The first-order valence-electron chi connectivity index (χ1n) is 10.7. The second-order valence-corrected chi connectivity index (χ2v) is 9.10. The van der Waals surface area contributed by atoms with Crippen molar-refractivity contribution in [1.29, 1.82) is 0 Å². The predicted molar refractivity (Wildman–Crippen MR) is 124 cm³/mol. The summed E-state index contributed by atoms with van der Waals surface area (Å²) in [5, 5.41) is 10.8. The van der Waals surface area contributed by atoms with Crippen LogP contribution in [0.1, 0.15) is 43.1 Å². The van der Waals surface area contributed by atoms with Crippen LogP contribution in [0.5, 0.6) is 5.75 Å². The minimum absolute atomic E-state index is 0.0201. The van der Waals surface area contributed by atoms with E-state index in [9.17, 15) is 4.79 Å². The van der Waals surface area contributed by atoms with Gasteiger partial charge in [-0.3, -0.25) is 9.89 Å². The quantitative estimate of drug-likeness (QED) is 0.645. The van der Waals surface area contributed by atoms with Gasteiger partial charge in [-0.15, -0.1) is 0 Å². The summed E-state index contributed by atoms with van der Waals surface area (Å²) in [5.41, 5.74) is 4.02. The summed E-state index contributed by atoms with van der Waals surface area (Å²) in [6.07, 6.45) is 0.899. The molecule has 0 aliphatic carbocycles. The first-order chi connectivity index (χ1) is 14.8. The summed E-state index contributed by atoms with van der Waals surface area (Å²) in [6.45, 7) is 8.12. The van der Waals surface area contributed by atoms with Crippen LogP contribution >= 0.6 is 0 Å². The molecule has 0 spiro atoms. The maximum atomic E-state index is 12.7. The Hall–Kier alpha value is -3.28. The van der Waals surface area contributed by atoms with Crippen molar-refractivity contribution >= 4 is 11.7 Å². The number of H-pyrrole nitrogens is 1. The molecule has 2 heterocycles. The summed E-state index contributed by atoms with van der Waals surface area (Å²) in [5.74, 6) is 1.71. The van der Waals surface area contributed by atoms with Gasteiger partial charge in [0.2, 0.25) is 0 Å². The minimum atomic E-state index is -0.0201. The number of benzene rings is 2. The number of ether oxygens (including phenoxy) is 1. The molecular formula is C25H30N4O2. The van der Waals surface area contributed by atoms with Crippen molar-refractivity contribution in [3.05, 3.63) is 65.7 Å². The van der Waals surface area contributed by atoms with E-state index in [0.717, 1.165) is 42.3 Å². The van der Waals surface area contributed by atoms with Gasteiger partial charge in [0.15, 0.2) is 5.82 Å².